The molecule has 0 unspecified atom stereocenters. The maximum Gasteiger partial charge on any atom is 0.266 e. The normalized spacial score (nSPS) is 10.2. The van der Waals surface area contributed by atoms with Crippen LogP contribution in [0.5, 0.6) is 5.75 Å². The summed E-state index contributed by atoms with van der Waals surface area (Å²) in [5.74, 6) is 0.648. The molecule has 2 rings (SSSR count). The Balaban J connectivity index is 2.88. The molecule has 0 fully saturated rings. The predicted octanol–water partition coefficient (Wildman–Crippen LogP) is 3.60. The second kappa shape index (κ2) is 5.97. The maximum absolute atomic E-state index is 11.9. The molecule has 1 aromatic carbocycles. The summed E-state index contributed by atoms with van der Waals surface area (Å²) in [4.78, 5) is 14.5. The highest BCUT2D eigenvalue weighted by Gasteiger charge is 2.17. The molecule has 0 aliphatic heterocycles. The van der Waals surface area contributed by atoms with Gasteiger partial charge < -0.3 is 9.72 Å². The SMILES string of the molecule is COc1c(I)cc(Br)cc1-c1cc(C)[nH]c(=O)c1C#N. The lowest BCUT2D eigenvalue weighted by Gasteiger charge is -2.13. The van der Waals surface area contributed by atoms with E-state index in [-0.39, 0.29) is 11.1 Å². The van der Waals surface area contributed by atoms with Gasteiger partial charge in [0.2, 0.25) is 0 Å². The van der Waals surface area contributed by atoms with Crippen molar-refractivity contribution in [3.8, 4) is 22.9 Å². The zero-order chi connectivity index (χ0) is 14.9. The molecule has 20 heavy (non-hydrogen) atoms. The summed E-state index contributed by atoms with van der Waals surface area (Å²) in [6.45, 7) is 1.78. The molecule has 0 radical (unpaired) electrons. The summed E-state index contributed by atoms with van der Waals surface area (Å²) in [5.41, 5.74) is 1.69. The molecule has 6 heteroatoms. The molecule has 0 spiro atoms. The standard InChI is InChI=1S/C14H10BrIN2O2/c1-7-3-9(11(6-17)14(19)18-7)10-4-8(15)5-12(16)13(10)20-2/h3-5H,1-2H3,(H,18,19). The Kier molecular flexibility index (Phi) is 4.50. The molecule has 4 nitrogen and oxygen atoms in total. The fourth-order valence-corrected chi connectivity index (χ4v) is 3.71. The van der Waals surface area contributed by atoms with E-state index in [0.717, 1.165) is 13.6 Å². The van der Waals surface area contributed by atoms with Crippen LogP contribution in [0.1, 0.15) is 11.3 Å². The zero-order valence-corrected chi connectivity index (χ0v) is 14.5. The van der Waals surface area contributed by atoms with Crippen LogP contribution in [0.2, 0.25) is 0 Å². The van der Waals surface area contributed by atoms with Gasteiger partial charge in [-0.15, -0.1) is 0 Å². The first-order valence-corrected chi connectivity index (χ1v) is 7.52. The molecular weight excluding hydrogens is 435 g/mol. The summed E-state index contributed by atoms with van der Waals surface area (Å²) in [6.07, 6.45) is 0. The van der Waals surface area contributed by atoms with Gasteiger partial charge in [0.25, 0.3) is 5.56 Å². The molecule has 0 saturated heterocycles. The molecule has 0 saturated carbocycles. The van der Waals surface area contributed by atoms with Crippen LogP contribution in [-0.2, 0) is 0 Å². The molecule has 0 aliphatic carbocycles. The summed E-state index contributed by atoms with van der Waals surface area (Å²) in [6, 6.07) is 7.50. The van der Waals surface area contributed by atoms with Crippen LogP contribution in [0.4, 0.5) is 0 Å². The van der Waals surface area contributed by atoms with Crippen molar-refractivity contribution in [2.75, 3.05) is 7.11 Å². The van der Waals surface area contributed by atoms with Crippen molar-refractivity contribution >= 4 is 38.5 Å². The van der Waals surface area contributed by atoms with Gasteiger partial charge in [-0.05, 0) is 47.7 Å². The minimum atomic E-state index is -0.389. The number of nitrogens with one attached hydrogen (secondary N) is 1. The van der Waals surface area contributed by atoms with Gasteiger partial charge in [-0.25, -0.2) is 0 Å². The number of halogens is 2. The molecule has 1 aromatic heterocycles. The number of aromatic nitrogens is 1. The van der Waals surface area contributed by atoms with Crippen LogP contribution in [-0.4, -0.2) is 12.1 Å². The van der Waals surface area contributed by atoms with Crippen LogP contribution in [0.15, 0.2) is 27.5 Å². The van der Waals surface area contributed by atoms with Gasteiger partial charge in [0.05, 0.1) is 10.7 Å². The summed E-state index contributed by atoms with van der Waals surface area (Å²) < 4.78 is 7.17. The van der Waals surface area contributed by atoms with Crippen LogP contribution in [0.3, 0.4) is 0 Å². The molecule has 1 N–H and O–H groups in total. The second-order valence-corrected chi connectivity index (χ2v) is 6.23. The molecule has 2 aromatic rings. The van der Waals surface area contributed by atoms with Gasteiger partial charge in [-0.1, -0.05) is 15.9 Å². The van der Waals surface area contributed by atoms with Crippen molar-refractivity contribution in [3.63, 3.8) is 0 Å². The first kappa shape index (κ1) is 15.1. The molecule has 0 aliphatic rings. The highest BCUT2D eigenvalue weighted by atomic mass is 127. The van der Waals surface area contributed by atoms with Gasteiger partial charge >= 0.3 is 0 Å². The average molecular weight is 445 g/mol. The van der Waals surface area contributed by atoms with Crippen molar-refractivity contribution in [2.24, 2.45) is 0 Å². The maximum atomic E-state index is 11.9. The van der Waals surface area contributed by atoms with Crippen molar-refractivity contribution in [1.29, 1.82) is 5.26 Å². The van der Waals surface area contributed by atoms with Crippen molar-refractivity contribution in [1.82, 2.24) is 4.98 Å². The van der Waals surface area contributed by atoms with E-state index in [1.165, 1.54) is 0 Å². The number of ether oxygens (including phenoxy) is 1. The molecule has 0 amide bonds. The third kappa shape index (κ3) is 2.74. The lowest BCUT2D eigenvalue weighted by Crippen LogP contribution is -2.13. The molecule has 102 valence electrons. The Hall–Kier alpha value is -1.33. The lowest BCUT2D eigenvalue weighted by atomic mass is 10.0. The predicted molar refractivity (Wildman–Crippen MR) is 88.9 cm³/mol. The number of nitriles is 1. The molecule has 1 heterocycles. The van der Waals surface area contributed by atoms with E-state index in [0.29, 0.717) is 17.0 Å². The number of benzene rings is 1. The van der Waals surface area contributed by atoms with Crippen LogP contribution >= 0.6 is 38.5 Å². The van der Waals surface area contributed by atoms with Gasteiger partial charge in [0, 0.05) is 21.3 Å². The Labute approximate surface area is 138 Å². The van der Waals surface area contributed by atoms with Crippen molar-refractivity contribution < 1.29 is 4.74 Å². The minimum Gasteiger partial charge on any atom is -0.495 e. The van der Waals surface area contributed by atoms with E-state index in [4.69, 9.17) is 4.74 Å². The van der Waals surface area contributed by atoms with Crippen molar-refractivity contribution in [2.45, 2.75) is 6.92 Å². The van der Waals surface area contributed by atoms with Gasteiger partial charge in [-0.2, -0.15) is 5.26 Å². The number of pyridine rings is 1. The highest BCUT2D eigenvalue weighted by Crippen LogP contribution is 2.37. The van der Waals surface area contributed by atoms with E-state index >= 15 is 0 Å². The number of aryl methyl sites for hydroxylation is 1. The lowest BCUT2D eigenvalue weighted by molar-refractivity contribution is 0.413. The number of nitrogens with zero attached hydrogens (tertiary/aromatic N) is 1. The second-order valence-electron chi connectivity index (χ2n) is 4.15. The van der Waals surface area contributed by atoms with Crippen LogP contribution in [0, 0.1) is 21.8 Å². The monoisotopic (exact) mass is 444 g/mol. The first-order valence-electron chi connectivity index (χ1n) is 5.65. The number of hydrogen-bond acceptors (Lipinski definition) is 3. The number of hydrogen-bond donors (Lipinski definition) is 1. The Morgan fingerprint density at radius 2 is 2.05 bits per heavy atom. The number of H-pyrrole nitrogens is 1. The Bertz CT molecular complexity index is 778. The van der Waals surface area contributed by atoms with E-state index in [1.807, 2.05) is 18.2 Å². The third-order valence-electron chi connectivity index (χ3n) is 2.78. The quantitative estimate of drug-likeness (QED) is 0.719. The topological polar surface area (TPSA) is 65.9 Å². The Morgan fingerprint density at radius 1 is 1.35 bits per heavy atom. The summed E-state index contributed by atoms with van der Waals surface area (Å²) in [7, 11) is 1.57. The van der Waals surface area contributed by atoms with E-state index in [2.05, 4.69) is 43.5 Å². The zero-order valence-electron chi connectivity index (χ0n) is 10.8. The highest BCUT2D eigenvalue weighted by molar-refractivity contribution is 14.1. The number of rotatable bonds is 2. The molecule has 0 bridgehead atoms. The van der Waals surface area contributed by atoms with Gasteiger partial charge in [0.1, 0.15) is 17.4 Å². The van der Waals surface area contributed by atoms with Gasteiger partial charge in [0.15, 0.2) is 0 Å². The number of aromatic amines is 1. The molecular formula is C14H10BrIN2O2. The van der Waals surface area contributed by atoms with Gasteiger partial charge in [-0.3, -0.25) is 4.79 Å². The first-order chi connectivity index (χ1) is 9.47. The fraction of sp³-hybridized carbons (Fsp3) is 0.143. The van der Waals surface area contributed by atoms with Crippen LogP contribution in [0.25, 0.3) is 11.1 Å². The molecule has 0 atom stereocenters. The van der Waals surface area contributed by atoms with E-state index in [1.54, 1.807) is 20.1 Å². The average Bonchev–Trinajstić information content (AvgIpc) is 2.37. The number of methoxy groups -OCH3 is 1. The summed E-state index contributed by atoms with van der Waals surface area (Å²) in [5, 5.41) is 9.23. The largest absolute Gasteiger partial charge is 0.495 e. The third-order valence-corrected chi connectivity index (χ3v) is 4.04. The Morgan fingerprint density at radius 3 is 2.65 bits per heavy atom. The van der Waals surface area contributed by atoms with E-state index < -0.39 is 0 Å². The van der Waals surface area contributed by atoms with Crippen molar-refractivity contribution in [3.05, 3.63) is 47.9 Å². The minimum absolute atomic E-state index is 0.0859. The van der Waals surface area contributed by atoms with Crippen LogP contribution < -0.4 is 10.3 Å². The summed E-state index contributed by atoms with van der Waals surface area (Å²) >= 11 is 5.58. The van der Waals surface area contributed by atoms with E-state index in [9.17, 15) is 10.1 Å². The smallest absolute Gasteiger partial charge is 0.266 e. The fourth-order valence-electron chi connectivity index (χ4n) is 1.98.